The third kappa shape index (κ3) is 16.4. The Balaban J connectivity index is 0.00000784. The molecule has 0 fully saturated rings. The van der Waals surface area contributed by atoms with Crippen LogP contribution in [-0.4, -0.2) is 37.6 Å². The van der Waals surface area contributed by atoms with Gasteiger partial charge in [-0.25, -0.2) is 0 Å². The van der Waals surface area contributed by atoms with Crippen LogP contribution in [0.1, 0.15) is 89.5 Å². The van der Waals surface area contributed by atoms with Crippen LogP contribution < -0.4 is 5.32 Å². The minimum absolute atomic E-state index is 0. The molecule has 0 spiro atoms. The van der Waals surface area contributed by atoms with Crippen molar-refractivity contribution in [3.8, 4) is 0 Å². The van der Waals surface area contributed by atoms with Gasteiger partial charge in [0, 0.05) is 12.1 Å². The van der Waals surface area contributed by atoms with Gasteiger partial charge in [-0.1, -0.05) is 108 Å². The standard InChI is InChI=1S/C25H44N2O.ClH/c1-4-5-6-7-8-9-10-11-12-13-14-18-21-26-25(28)23-27(2,3)22-24-19-16-15-17-20-24;/h15-17,19-20H,4-14,18,21-23H2,1-3H3;1H/p+1. The van der Waals surface area contributed by atoms with E-state index in [-0.39, 0.29) is 18.3 Å². The second-order valence-corrected chi connectivity index (χ2v) is 8.98. The Morgan fingerprint density at radius 2 is 1.28 bits per heavy atom. The minimum Gasteiger partial charge on any atom is -0.351 e. The van der Waals surface area contributed by atoms with E-state index < -0.39 is 0 Å². The highest BCUT2D eigenvalue weighted by molar-refractivity contribution is 5.85. The lowest BCUT2D eigenvalue weighted by Gasteiger charge is -2.29. The van der Waals surface area contributed by atoms with E-state index >= 15 is 0 Å². The maximum Gasteiger partial charge on any atom is 0.275 e. The van der Waals surface area contributed by atoms with Crippen molar-refractivity contribution in [2.24, 2.45) is 0 Å². The van der Waals surface area contributed by atoms with Crippen LogP contribution in [0, 0.1) is 0 Å². The summed E-state index contributed by atoms with van der Waals surface area (Å²) in [6.07, 6.45) is 16.2. The van der Waals surface area contributed by atoms with Crippen LogP contribution in [0.2, 0.25) is 0 Å². The molecule has 0 radical (unpaired) electrons. The van der Waals surface area contributed by atoms with E-state index in [2.05, 4.69) is 50.6 Å². The SMILES string of the molecule is CCCCCCCCCCCCCCNC(=O)C[N+](C)(C)Cc1ccccc1.Cl. The zero-order valence-corrected chi connectivity index (χ0v) is 20.1. The van der Waals surface area contributed by atoms with Crippen molar-refractivity contribution >= 4 is 18.3 Å². The predicted octanol–water partition coefficient (Wildman–Crippen LogP) is 6.50. The molecule has 0 aromatic heterocycles. The van der Waals surface area contributed by atoms with E-state index in [1.807, 2.05) is 6.07 Å². The van der Waals surface area contributed by atoms with E-state index in [9.17, 15) is 4.79 Å². The van der Waals surface area contributed by atoms with E-state index in [0.29, 0.717) is 11.0 Å². The number of carbonyl (C=O) groups is 1. The zero-order chi connectivity index (χ0) is 20.5. The first kappa shape index (κ1) is 27.9. The molecule has 0 aliphatic rings. The zero-order valence-electron chi connectivity index (χ0n) is 19.3. The number of halogens is 1. The number of benzene rings is 1. The number of unbranched alkanes of at least 4 members (excludes halogenated alkanes) is 11. The number of nitrogens with zero attached hydrogens (tertiary/aromatic N) is 1. The van der Waals surface area contributed by atoms with Gasteiger partial charge in [-0.05, 0) is 6.42 Å². The quantitative estimate of drug-likeness (QED) is 0.224. The van der Waals surface area contributed by atoms with Gasteiger partial charge >= 0.3 is 0 Å². The molecule has 0 atom stereocenters. The summed E-state index contributed by atoms with van der Waals surface area (Å²) in [5.41, 5.74) is 1.28. The average molecular weight is 426 g/mol. The molecule has 168 valence electrons. The van der Waals surface area contributed by atoms with Gasteiger partial charge in [0.15, 0.2) is 6.54 Å². The van der Waals surface area contributed by atoms with Crippen LogP contribution >= 0.6 is 12.4 Å². The summed E-state index contributed by atoms with van der Waals surface area (Å²) in [6, 6.07) is 10.4. The lowest BCUT2D eigenvalue weighted by atomic mass is 10.1. The number of likely N-dealkylation sites (N-methyl/N-ethyl adjacent to an activating group) is 1. The predicted molar refractivity (Wildman–Crippen MR) is 128 cm³/mol. The second kappa shape index (κ2) is 17.8. The second-order valence-electron chi connectivity index (χ2n) is 8.98. The molecular weight excluding hydrogens is 380 g/mol. The third-order valence-electron chi connectivity index (χ3n) is 5.38. The Kier molecular flexibility index (Phi) is 17.1. The lowest BCUT2D eigenvalue weighted by Crippen LogP contribution is -2.46. The molecule has 0 saturated heterocycles. The maximum atomic E-state index is 12.2. The minimum atomic E-state index is 0. The Morgan fingerprint density at radius 1 is 0.793 bits per heavy atom. The Morgan fingerprint density at radius 3 is 1.79 bits per heavy atom. The van der Waals surface area contributed by atoms with Crippen molar-refractivity contribution in [1.82, 2.24) is 5.32 Å². The summed E-state index contributed by atoms with van der Waals surface area (Å²) in [5.74, 6) is 0.170. The number of carbonyl (C=O) groups excluding carboxylic acids is 1. The summed E-state index contributed by atoms with van der Waals surface area (Å²) in [6.45, 7) is 4.51. The molecule has 0 saturated carbocycles. The topological polar surface area (TPSA) is 29.1 Å². The summed E-state index contributed by atoms with van der Waals surface area (Å²) in [7, 11) is 4.24. The van der Waals surface area contributed by atoms with Crippen molar-refractivity contribution < 1.29 is 9.28 Å². The molecule has 1 aromatic carbocycles. The van der Waals surface area contributed by atoms with Crippen LogP contribution in [0.4, 0.5) is 0 Å². The van der Waals surface area contributed by atoms with Gasteiger partial charge in [-0.15, -0.1) is 12.4 Å². The van der Waals surface area contributed by atoms with E-state index in [4.69, 9.17) is 0 Å². The van der Waals surface area contributed by atoms with Crippen molar-refractivity contribution in [2.45, 2.75) is 90.5 Å². The maximum absolute atomic E-state index is 12.2. The molecule has 0 aliphatic carbocycles. The molecule has 0 bridgehead atoms. The highest BCUT2D eigenvalue weighted by Crippen LogP contribution is 2.12. The molecule has 1 aromatic rings. The van der Waals surface area contributed by atoms with E-state index in [1.165, 1.54) is 76.2 Å². The molecule has 0 aliphatic heterocycles. The van der Waals surface area contributed by atoms with E-state index in [1.54, 1.807) is 0 Å². The molecule has 0 heterocycles. The molecule has 3 nitrogen and oxygen atoms in total. The van der Waals surface area contributed by atoms with Gasteiger partial charge in [-0.2, -0.15) is 0 Å². The molecular formula is C25H46ClN2O+. The molecule has 1 amide bonds. The van der Waals surface area contributed by atoms with Gasteiger partial charge in [0.05, 0.1) is 14.1 Å². The van der Waals surface area contributed by atoms with Crippen LogP contribution in [0.15, 0.2) is 30.3 Å². The van der Waals surface area contributed by atoms with Crippen LogP contribution in [0.5, 0.6) is 0 Å². The molecule has 1 rings (SSSR count). The Hall–Kier alpha value is -1.06. The fraction of sp³-hybridized carbons (Fsp3) is 0.720. The Bertz CT molecular complexity index is 505. The first-order chi connectivity index (χ1) is 13.5. The van der Waals surface area contributed by atoms with Crippen LogP contribution in [0.25, 0.3) is 0 Å². The van der Waals surface area contributed by atoms with E-state index in [0.717, 1.165) is 19.5 Å². The molecule has 1 N–H and O–H groups in total. The van der Waals surface area contributed by atoms with Gasteiger partial charge < -0.3 is 9.80 Å². The molecule has 4 heteroatoms. The lowest BCUT2D eigenvalue weighted by molar-refractivity contribution is -0.895. The average Bonchev–Trinajstić information content (AvgIpc) is 2.65. The van der Waals surface area contributed by atoms with Crippen molar-refractivity contribution in [2.75, 3.05) is 27.2 Å². The first-order valence-electron chi connectivity index (χ1n) is 11.7. The first-order valence-corrected chi connectivity index (χ1v) is 11.7. The highest BCUT2D eigenvalue weighted by Gasteiger charge is 2.20. The summed E-state index contributed by atoms with van der Waals surface area (Å²) >= 11 is 0. The van der Waals surface area contributed by atoms with Crippen LogP contribution in [0.3, 0.4) is 0 Å². The van der Waals surface area contributed by atoms with Gasteiger partial charge in [-0.3, -0.25) is 4.79 Å². The monoisotopic (exact) mass is 425 g/mol. The number of hydrogen-bond donors (Lipinski definition) is 1. The fourth-order valence-electron chi connectivity index (χ4n) is 3.77. The third-order valence-corrected chi connectivity index (χ3v) is 5.38. The molecule has 0 unspecified atom stereocenters. The summed E-state index contributed by atoms with van der Waals surface area (Å²) < 4.78 is 0.689. The van der Waals surface area contributed by atoms with Crippen molar-refractivity contribution in [3.05, 3.63) is 35.9 Å². The van der Waals surface area contributed by atoms with Gasteiger partial charge in [0.1, 0.15) is 6.54 Å². The molecule has 29 heavy (non-hydrogen) atoms. The normalized spacial score (nSPS) is 11.1. The number of amides is 1. The number of hydrogen-bond acceptors (Lipinski definition) is 1. The number of nitrogens with one attached hydrogen (secondary N) is 1. The Labute approximate surface area is 186 Å². The number of quaternary nitrogens is 1. The fourth-order valence-corrected chi connectivity index (χ4v) is 3.77. The van der Waals surface area contributed by atoms with Gasteiger partial charge in [0.25, 0.3) is 5.91 Å². The summed E-state index contributed by atoms with van der Waals surface area (Å²) in [4.78, 5) is 12.2. The van der Waals surface area contributed by atoms with Crippen molar-refractivity contribution in [3.63, 3.8) is 0 Å². The highest BCUT2D eigenvalue weighted by atomic mass is 35.5. The van der Waals surface area contributed by atoms with Gasteiger partial charge in [0.2, 0.25) is 0 Å². The smallest absolute Gasteiger partial charge is 0.275 e. The van der Waals surface area contributed by atoms with Crippen LogP contribution in [-0.2, 0) is 11.3 Å². The number of rotatable bonds is 17. The summed E-state index contributed by atoms with van der Waals surface area (Å²) in [5, 5.41) is 3.11. The van der Waals surface area contributed by atoms with Crippen molar-refractivity contribution in [1.29, 1.82) is 0 Å². The largest absolute Gasteiger partial charge is 0.351 e.